The van der Waals surface area contributed by atoms with E-state index in [1.807, 2.05) is 32.0 Å². The van der Waals surface area contributed by atoms with E-state index in [1.165, 1.54) is 4.90 Å². The third kappa shape index (κ3) is 1.80. The van der Waals surface area contributed by atoms with E-state index in [2.05, 4.69) is 0 Å². The maximum absolute atomic E-state index is 11.0. The topological polar surface area (TPSA) is 46.3 Å². The third-order valence-corrected chi connectivity index (χ3v) is 2.11. The Morgan fingerprint density at radius 3 is 2.15 bits per heavy atom. The van der Waals surface area contributed by atoms with Crippen molar-refractivity contribution in [3.63, 3.8) is 0 Å². The summed E-state index contributed by atoms with van der Waals surface area (Å²) < 4.78 is 0. The fourth-order valence-electron chi connectivity index (χ4n) is 1.44. The Morgan fingerprint density at radius 1 is 1.31 bits per heavy atom. The second-order valence-corrected chi connectivity index (χ2v) is 3.14. The fourth-order valence-corrected chi connectivity index (χ4v) is 1.44. The summed E-state index contributed by atoms with van der Waals surface area (Å²) in [6, 6.07) is 5.45. The van der Waals surface area contributed by atoms with Crippen molar-refractivity contribution in [1.29, 1.82) is 0 Å². The van der Waals surface area contributed by atoms with E-state index >= 15 is 0 Å². The molecule has 0 atom stereocenters. The number of urea groups is 1. The van der Waals surface area contributed by atoms with Crippen LogP contribution in [0.25, 0.3) is 0 Å². The molecule has 0 aliphatic heterocycles. The number of nitrogens with zero attached hydrogens (tertiary/aromatic N) is 1. The number of benzene rings is 1. The molecule has 70 valence electrons. The zero-order chi connectivity index (χ0) is 10.0. The molecule has 0 saturated carbocycles. The van der Waals surface area contributed by atoms with Crippen LogP contribution in [-0.2, 0) is 0 Å². The molecule has 0 saturated heterocycles. The number of nitrogens with two attached hydrogens (primary N) is 1. The van der Waals surface area contributed by atoms with E-state index in [9.17, 15) is 4.79 Å². The lowest BCUT2D eigenvalue weighted by atomic mass is 10.1. The Hall–Kier alpha value is -1.51. The number of hydrogen-bond acceptors (Lipinski definition) is 1. The monoisotopic (exact) mass is 178 g/mol. The second kappa shape index (κ2) is 3.47. The van der Waals surface area contributed by atoms with Crippen LogP contribution in [0, 0.1) is 13.8 Å². The Bertz CT molecular complexity index is 313. The smallest absolute Gasteiger partial charge is 0.319 e. The van der Waals surface area contributed by atoms with Gasteiger partial charge in [-0.3, -0.25) is 4.90 Å². The zero-order valence-electron chi connectivity index (χ0n) is 8.16. The van der Waals surface area contributed by atoms with Crippen molar-refractivity contribution < 1.29 is 4.79 Å². The highest BCUT2D eigenvalue weighted by atomic mass is 16.2. The first-order chi connectivity index (χ1) is 6.04. The maximum Gasteiger partial charge on any atom is 0.319 e. The molecule has 0 bridgehead atoms. The molecule has 0 aliphatic carbocycles. The van der Waals surface area contributed by atoms with Gasteiger partial charge in [0.05, 0.1) is 5.69 Å². The molecule has 13 heavy (non-hydrogen) atoms. The average Bonchev–Trinajstić information content (AvgIpc) is 2.03. The van der Waals surface area contributed by atoms with Crippen LogP contribution in [0.15, 0.2) is 18.2 Å². The minimum Gasteiger partial charge on any atom is -0.351 e. The largest absolute Gasteiger partial charge is 0.351 e. The van der Waals surface area contributed by atoms with Gasteiger partial charge in [0, 0.05) is 7.05 Å². The van der Waals surface area contributed by atoms with Crippen LogP contribution in [0.2, 0.25) is 0 Å². The van der Waals surface area contributed by atoms with Crippen molar-refractivity contribution in [3.05, 3.63) is 29.3 Å². The van der Waals surface area contributed by atoms with Crippen LogP contribution in [-0.4, -0.2) is 13.1 Å². The Kier molecular flexibility index (Phi) is 2.56. The molecule has 1 rings (SSSR count). The summed E-state index contributed by atoms with van der Waals surface area (Å²) in [6.07, 6.45) is 0. The van der Waals surface area contributed by atoms with Gasteiger partial charge in [-0.1, -0.05) is 18.2 Å². The lowest BCUT2D eigenvalue weighted by molar-refractivity contribution is 0.255. The quantitative estimate of drug-likeness (QED) is 0.700. The summed E-state index contributed by atoms with van der Waals surface area (Å²) in [5.74, 6) is 0. The van der Waals surface area contributed by atoms with E-state index in [4.69, 9.17) is 5.73 Å². The van der Waals surface area contributed by atoms with Gasteiger partial charge in [0.1, 0.15) is 0 Å². The summed E-state index contributed by atoms with van der Waals surface area (Å²) in [4.78, 5) is 12.4. The summed E-state index contributed by atoms with van der Waals surface area (Å²) in [6.45, 7) is 3.92. The number of hydrogen-bond donors (Lipinski definition) is 1. The molecule has 3 heteroatoms. The van der Waals surface area contributed by atoms with Crippen molar-refractivity contribution in [2.24, 2.45) is 5.73 Å². The molecular formula is C10H14N2O. The van der Waals surface area contributed by atoms with Crippen LogP contribution in [0.3, 0.4) is 0 Å². The number of primary amides is 1. The fraction of sp³-hybridized carbons (Fsp3) is 0.300. The van der Waals surface area contributed by atoms with Crippen molar-refractivity contribution in [2.75, 3.05) is 11.9 Å². The average molecular weight is 178 g/mol. The number of carbonyl (C=O) groups is 1. The second-order valence-electron chi connectivity index (χ2n) is 3.14. The van der Waals surface area contributed by atoms with E-state index in [0.29, 0.717) is 0 Å². The number of carbonyl (C=O) groups excluding carboxylic acids is 1. The van der Waals surface area contributed by atoms with E-state index < -0.39 is 6.03 Å². The zero-order valence-corrected chi connectivity index (χ0v) is 8.16. The molecule has 0 spiro atoms. The molecule has 0 radical (unpaired) electrons. The first-order valence-corrected chi connectivity index (χ1v) is 4.13. The third-order valence-electron chi connectivity index (χ3n) is 2.11. The van der Waals surface area contributed by atoms with Gasteiger partial charge in [0.2, 0.25) is 0 Å². The molecule has 1 aromatic rings. The minimum atomic E-state index is -0.433. The number of aryl methyl sites for hydroxylation is 2. The number of rotatable bonds is 1. The lowest BCUT2D eigenvalue weighted by Crippen LogP contribution is -2.32. The van der Waals surface area contributed by atoms with E-state index in [-0.39, 0.29) is 0 Å². The Balaban J connectivity index is 3.20. The van der Waals surface area contributed by atoms with Crippen molar-refractivity contribution in [1.82, 2.24) is 0 Å². The van der Waals surface area contributed by atoms with Crippen molar-refractivity contribution >= 4 is 11.7 Å². The molecule has 2 N–H and O–H groups in total. The summed E-state index contributed by atoms with van der Waals surface area (Å²) in [7, 11) is 1.68. The number of anilines is 1. The molecular weight excluding hydrogens is 164 g/mol. The van der Waals surface area contributed by atoms with E-state index in [0.717, 1.165) is 16.8 Å². The normalized spacial score (nSPS) is 9.77. The van der Waals surface area contributed by atoms with Gasteiger partial charge in [0.25, 0.3) is 0 Å². The van der Waals surface area contributed by atoms with Gasteiger partial charge >= 0.3 is 6.03 Å². The minimum absolute atomic E-state index is 0.433. The molecule has 0 unspecified atom stereocenters. The first-order valence-electron chi connectivity index (χ1n) is 4.13. The van der Waals surface area contributed by atoms with Gasteiger partial charge in [-0.2, -0.15) is 0 Å². The Morgan fingerprint density at radius 2 is 1.77 bits per heavy atom. The number of para-hydroxylation sites is 1. The standard InChI is InChI=1S/C10H14N2O/c1-7-5-4-6-8(2)9(7)12(3)10(11)13/h4-6H,1-3H3,(H2,11,13). The lowest BCUT2D eigenvalue weighted by Gasteiger charge is -2.19. The van der Waals surface area contributed by atoms with E-state index in [1.54, 1.807) is 7.05 Å². The molecule has 3 nitrogen and oxygen atoms in total. The molecule has 0 aromatic heterocycles. The van der Waals surface area contributed by atoms with Gasteiger partial charge < -0.3 is 5.73 Å². The molecule has 1 aromatic carbocycles. The molecule has 0 heterocycles. The first kappa shape index (κ1) is 9.58. The Labute approximate surface area is 78.2 Å². The van der Waals surface area contributed by atoms with Gasteiger partial charge in [-0.25, -0.2) is 4.79 Å². The summed E-state index contributed by atoms with van der Waals surface area (Å²) in [5.41, 5.74) is 8.20. The van der Waals surface area contributed by atoms with Crippen molar-refractivity contribution in [3.8, 4) is 0 Å². The van der Waals surface area contributed by atoms with Crippen molar-refractivity contribution in [2.45, 2.75) is 13.8 Å². The van der Waals surface area contributed by atoms with Crippen LogP contribution in [0.1, 0.15) is 11.1 Å². The SMILES string of the molecule is Cc1cccc(C)c1N(C)C(N)=O. The predicted octanol–water partition coefficient (Wildman–Crippen LogP) is 1.82. The van der Waals surface area contributed by atoms with Gasteiger partial charge in [-0.05, 0) is 25.0 Å². The van der Waals surface area contributed by atoms with Gasteiger partial charge in [-0.15, -0.1) is 0 Å². The highest BCUT2D eigenvalue weighted by Crippen LogP contribution is 2.22. The highest BCUT2D eigenvalue weighted by Gasteiger charge is 2.10. The summed E-state index contributed by atoms with van der Waals surface area (Å²) >= 11 is 0. The summed E-state index contributed by atoms with van der Waals surface area (Å²) in [5, 5.41) is 0. The van der Waals surface area contributed by atoms with Crippen LogP contribution >= 0.6 is 0 Å². The predicted molar refractivity (Wildman–Crippen MR) is 53.9 cm³/mol. The van der Waals surface area contributed by atoms with Crippen LogP contribution in [0.5, 0.6) is 0 Å². The molecule has 2 amide bonds. The molecule has 0 fully saturated rings. The van der Waals surface area contributed by atoms with Gasteiger partial charge in [0.15, 0.2) is 0 Å². The molecule has 0 aliphatic rings. The van der Waals surface area contributed by atoms with Crippen LogP contribution in [0.4, 0.5) is 10.5 Å². The maximum atomic E-state index is 11.0. The number of amides is 2. The highest BCUT2D eigenvalue weighted by molar-refractivity contribution is 5.91. The van der Waals surface area contributed by atoms with Crippen LogP contribution < -0.4 is 10.6 Å².